The van der Waals surface area contributed by atoms with Gasteiger partial charge >= 0.3 is 0 Å². The van der Waals surface area contributed by atoms with Gasteiger partial charge in [0, 0.05) is 18.5 Å². The van der Waals surface area contributed by atoms with Crippen LogP contribution in [0.5, 0.6) is 0 Å². The summed E-state index contributed by atoms with van der Waals surface area (Å²) in [6.45, 7) is 2.77. The predicted octanol–water partition coefficient (Wildman–Crippen LogP) is 3.90. The first-order chi connectivity index (χ1) is 13.2. The Morgan fingerprint density at radius 1 is 1.19 bits per heavy atom. The fourth-order valence-corrected chi connectivity index (χ4v) is 4.10. The van der Waals surface area contributed by atoms with Crippen LogP contribution in [0.25, 0.3) is 0 Å². The van der Waals surface area contributed by atoms with Gasteiger partial charge in [0.15, 0.2) is 0 Å². The van der Waals surface area contributed by atoms with Crippen LogP contribution >= 0.6 is 11.3 Å². The standard InChI is InChI=1S/C20H26N4O2S/c1-2-3-5-13-17-22-23-20(27-17)21-18(25)16-12-8-9-14-24(16)19(26)15-10-6-4-7-11-15/h4,6-7,10-11,16H,2-3,5,8-9,12-14H2,1H3,(H,21,23,25). The zero-order valence-corrected chi connectivity index (χ0v) is 16.5. The number of rotatable bonds is 7. The van der Waals surface area contributed by atoms with Crippen LogP contribution in [0.2, 0.25) is 0 Å². The molecule has 1 unspecified atom stereocenters. The summed E-state index contributed by atoms with van der Waals surface area (Å²) < 4.78 is 0. The van der Waals surface area contributed by atoms with Crippen LogP contribution in [0.15, 0.2) is 30.3 Å². The van der Waals surface area contributed by atoms with Gasteiger partial charge in [0.05, 0.1) is 0 Å². The monoisotopic (exact) mass is 386 g/mol. The molecular weight excluding hydrogens is 360 g/mol. The normalized spacial score (nSPS) is 16.9. The Labute approximate surface area is 164 Å². The molecule has 0 saturated carbocycles. The van der Waals surface area contributed by atoms with E-state index in [0.717, 1.165) is 37.1 Å². The Bertz CT molecular complexity index is 762. The number of unbranched alkanes of at least 4 members (excludes halogenated alkanes) is 2. The lowest BCUT2D eigenvalue weighted by atomic mass is 10.00. The summed E-state index contributed by atoms with van der Waals surface area (Å²) in [6, 6.07) is 8.68. The third-order valence-electron chi connectivity index (χ3n) is 4.78. The zero-order chi connectivity index (χ0) is 19.1. The van der Waals surface area contributed by atoms with Gasteiger partial charge in [-0.1, -0.05) is 49.3 Å². The van der Waals surface area contributed by atoms with E-state index < -0.39 is 6.04 Å². The molecule has 7 heteroatoms. The molecule has 1 aromatic heterocycles. The molecule has 1 aliphatic rings. The summed E-state index contributed by atoms with van der Waals surface area (Å²) in [6.07, 6.45) is 6.84. The number of hydrogen-bond donors (Lipinski definition) is 1. The summed E-state index contributed by atoms with van der Waals surface area (Å²) >= 11 is 1.42. The number of piperidine rings is 1. The van der Waals surface area contributed by atoms with Crippen LogP contribution < -0.4 is 5.32 Å². The summed E-state index contributed by atoms with van der Waals surface area (Å²) in [5.74, 6) is -0.261. The zero-order valence-electron chi connectivity index (χ0n) is 15.7. The minimum Gasteiger partial charge on any atom is -0.327 e. The minimum atomic E-state index is -0.459. The molecule has 1 atom stereocenters. The first kappa shape index (κ1) is 19.5. The minimum absolute atomic E-state index is 0.0898. The van der Waals surface area contributed by atoms with E-state index in [1.807, 2.05) is 18.2 Å². The van der Waals surface area contributed by atoms with Crippen LogP contribution in [0, 0.1) is 0 Å². The second kappa shape index (κ2) is 9.60. The fraction of sp³-hybridized carbons (Fsp3) is 0.500. The molecule has 1 fully saturated rings. The van der Waals surface area contributed by atoms with Gasteiger partial charge in [-0.3, -0.25) is 14.9 Å². The summed E-state index contributed by atoms with van der Waals surface area (Å²) in [5.41, 5.74) is 0.617. The van der Waals surface area contributed by atoms with Crippen LogP contribution in [-0.4, -0.2) is 39.5 Å². The fourth-order valence-electron chi connectivity index (χ4n) is 3.31. The Morgan fingerprint density at radius 3 is 2.78 bits per heavy atom. The molecule has 1 aromatic carbocycles. The Hall–Kier alpha value is -2.28. The first-order valence-electron chi connectivity index (χ1n) is 9.68. The average Bonchev–Trinajstić information content (AvgIpc) is 3.15. The van der Waals surface area contributed by atoms with Crippen molar-refractivity contribution in [2.45, 2.75) is 57.9 Å². The smallest absolute Gasteiger partial charge is 0.254 e. The van der Waals surface area contributed by atoms with Gasteiger partial charge in [-0.2, -0.15) is 0 Å². The highest BCUT2D eigenvalue weighted by Crippen LogP contribution is 2.23. The first-order valence-corrected chi connectivity index (χ1v) is 10.5. The van der Waals surface area contributed by atoms with E-state index >= 15 is 0 Å². The van der Waals surface area contributed by atoms with Crippen molar-refractivity contribution in [3.63, 3.8) is 0 Å². The molecule has 3 rings (SSSR count). The average molecular weight is 387 g/mol. The van der Waals surface area contributed by atoms with Crippen molar-refractivity contribution in [2.75, 3.05) is 11.9 Å². The third kappa shape index (κ3) is 5.13. The molecule has 0 bridgehead atoms. The van der Waals surface area contributed by atoms with E-state index in [4.69, 9.17) is 0 Å². The number of hydrogen-bond acceptors (Lipinski definition) is 5. The van der Waals surface area contributed by atoms with Gasteiger partial charge in [-0.25, -0.2) is 0 Å². The van der Waals surface area contributed by atoms with Crippen LogP contribution in [-0.2, 0) is 11.2 Å². The molecule has 0 aliphatic carbocycles. The highest BCUT2D eigenvalue weighted by atomic mass is 32.1. The summed E-state index contributed by atoms with van der Waals surface area (Å²) in [4.78, 5) is 27.3. The maximum absolute atomic E-state index is 12.8. The molecule has 1 saturated heterocycles. The maximum atomic E-state index is 12.8. The van der Waals surface area contributed by atoms with Crippen molar-refractivity contribution in [3.05, 3.63) is 40.9 Å². The highest BCUT2D eigenvalue weighted by molar-refractivity contribution is 7.15. The predicted molar refractivity (Wildman–Crippen MR) is 107 cm³/mol. The van der Waals surface area contributed by atoms with E-state index in [-0.39, 0.29) is 11.8 Å². The maximum Gasteiger partial charge on any atom is 0.254 e. The van der Waals surface area contributed by atoms with E-state index in [0.29, 0.717) is 23.7 Å². The second-order valence-corrected chi connectivity index (χ2v) is 7.89. The number of aromatic nitrogens is 2. The molecule has 1 N–H and O–H groups in total. The van der Waals surface area contributed by atoms with E-state index in [9.17, 15) is 9.59 Å². The van der Waals surface area contributed by atoms with Crippen LogP contribution in [0.4, 0.5) is 5.13 Å². The topological polar surface area (TPSA) is 75.2 Å². The largest absolute Gasteiger partial charge is 0.327 e. The van der Waals surface area contributed by atoms with Crippen molar-refractivity contribution < 1.29 is 9.59 Å². The highest BCUT2D eigenvalue weighted by Gasteiger charge is 2.33. The van der Waals surface area contributed by atoms with Gasteiger partial charge in [-0.05, 0) is 37.8 Å². The van der Waals surface area contributed by atoms with Gasteiger partial charge in [-0.15, -0.1) is 10.2 Å². The van der Waals surface area contributed by atoms with Gasteiger partial charge < -0.3 is 4.90 Å². The molecule has 2 heterocycles. The Kier molecular flexibility index (Phi) is 6.92. The number of carbonyl (C=O) groups excluding carboxylic acids is 2. The second-order valence-electron chi connectivity index (χ2n) is 6.82. The van der Waals surface area contributed by atoms with Crippen molar-refractivity contribution in [1.82, 2.24) is 15.1 Å². The summed E-state index contributed by atoms with van der Waals surface area (Å²) in [7, 11) is 0. The Morgan fingerprint density at radius 2 is 2.00 bits per heavy atom. The van der Waals surface area contributed by atoms with Crippen LogP contribution in [0.3, 0.4) is 0 Å². The molecule has 27 heavy (non-hydrogen) atoms. The van der Waals surface area contributed by atoms with Gasteiger partial charge in [0.2, 0.25) is 11.0 Å². The van der Waals surface area contributed by atoms with Gasteiger partial charge in [0.1, 0.15) is 11.0 Å². The number of anilines is 1. The molecule has 144 valence electrons. The molecule has 1 aliphatic heterocycles. The van der Waals surface area contributed by atoms with Crippen molar-refractivity contribution in [1.29, 1.82) is 0 Å². The molecule has 2 aromatic rings. The number of benzene rings is 1. The SMILES string of the molecule is CCCCCc1nnc(NC(=O)C2CCCCN2C(=O)c2ccccc2)s1. The van der Waals surface area contributed by atoms with E-state index in [1.165, 1.54) is 17.8 Å². The number of carbonyl (C=O) groups is 2. The lowest BCUT2D eigenvalue weighted by Gasteiger charge is -2.34. The number of nitrogens with one attached hydrogen (secondary N) is 1. The molecule has 0 radical (unpaired) electrons. The summed E-state index contributed by atoms with van der Waals surface area (Å²) in [5, 5.41) is 12.6. The Balaban J connectivity index is 1.64. The van der Waals surface area contributed by atoms with Crippen molar-refractivity contribution in [2.24, 2.45) is 0 Å². The molecule has 2 amide bonds. The lowest BCUT2D eigenvalue weighted by Crippen LogP contribution is -2.50. The van der Waals surface area contributed by atoms with E-state index in [1.54, 1.807) is 17.0 Å². The van der Waals surface area contributed by atoms with Gasteiger partial charge in [0.25, 0.3) is 5.91 Å². The van der Waals surface area contributed by atoms with Crippen molar-refractivity contribution >= 4 is 28.3 Å². The number of nitrogens with zero attached hydrogens (tertiary/aromatic N) is 3. The number of likely N-dealkylation sites (tertiary alicyclic amines) is 1. The number of amides is 2. The molecular formula is C20H26N4O2S. The third-order valence-corrected chi connectivity index (χ3v) is 5.68. The number of aryl methyl sites for hydroxylation is 1. The quantitative estimate of drug-likeness (QED) is 0.732. The van der Waals surface area contributed by atoms with Crippen LogP contribution in [0.1, 0.15) is 60.8 Å². The van der Waals surface area contributed by atoms with E-state index in [2.05, 4.69) is 22.4 Å². The van der Waals surface area contributed by atoms with Crippen molar-refractivity contribution in [3.8, 4) is 0 Å². The lowest BCUT2D eigenvalue weighted by molar-refractivity contribution is -0.121. The molecule has 6 nitrogen and oxygen atoms in total. The molecule has 0 spiro atoms.